The van der Waals surface area contributed by atoms with Crippen molar-refractivity contribution in [3.05, 3.63) is 65.5 Å². The number of rotatable bonds is 7. The summed E-state index contributed by atoms with van der Waals surface area (Å²) in [5, 5.41) is 3.30. The van der Waals surface area contributed by atoms with Crippen LogP contribution in [0.1, 0.15) is 11.1 Å². The van der Waals surface area contributed by atoms with Gasteiger partial charge in [-0.25, -0.2) is 4.39 Å². The molecular formula is C20H22FN3O3S. The van der Waals surface area contributed by atoms with Crippen molar-refractivity contribution in [2.45, 2.75) is 6.42 Å². The van der Waals surface area contributed by atoms with Gasteiger partial charge in [0.1, 0.15) is 5.82 Å². The predicted octanol–water partition coefficient (Wildman–Crippen LogP) is 2.59. The van der Waals surface area contributed by atoms with Crippen molar-refractivity contribution >= 4 is 29.3 Å². The Hall–Kier alpha value is -3.13. The van der Waals surface area contributed by atoms with Crippen LogP contribution in [0.3, 0.4) is 0 Å². The number of ether oxygens (including phenoxy) is 2. The number of halogens is 1. The molecule has 28 heavy (non-hydrogen) atoms. The monoisotopic (exact) mass is 403 g/mol. The first-order valence-electron chi connectivity index (χ1n) is 8.50. The topological polar surface area (TPSA) is 71.6 Å². The highest BCUT2D eigenvalue weighted by Gasteiger charge is 2.05. The van der Waals surface area contributed by atoms with Gasteiger partial charge in [-0.05, 0) is 60.1 Å². The molecule has 0 bridgehead atoms. The van der Waals surface area contributed by atoms with Gasteiger partial charge >= 0.3 is 0 Å². The van der Waals surface area contributed by atoms with Gasteiger partial charge in [0, 0.05) is 12.6 Å². The Morgan fingerprint density at radius 3 is 2.46 bits per heavy atom. The molecule has 0 aliphatic carbocycles. The highest BCUT2D eigenvalue weighted by atomic mass is 32.1. The maximum atomic E-state index is 12.8. The third-order valence-electron chi connectivity index (χ3n) is 3.74. The molecule has 8 heteroatoms. The zero-order valence-corrected chi connectivity index (χ0v) is 16.4. The van der Waals surface area contributed by atoms with Gasteiger partial charge in [0.2, 0.25) is 0 Å². The lowest BCUT2D eigenvalue weighted by molar-refractivity contribution is -0.116. The van der Waals surface area contributed by atoms with Crippen molar-refractivity contribution in [2.24, 2.45) is 0 Å². The van der Waals surface area contributed by atoms with E-state index in [4.69, 9.17) is 21.7 Å². The molecule has 0 radical (unpaired) electrons. The molecule has 0 saturated heterocycles. The summed E-state index contributed by atoms with van der Waals surface area (Å²) >= 11 is 5.12. The van der Waals surface area contributed by atoms with Crippen LogP contribution in [0, 0.1) is 5.82 Å². The highest BCUT2D eigenvalue weighted by molar-refractivity contribution is 7.80. The van der Waals surface area contributed by atoms with Gasteiger partial charge in [-0.2, -0.15) is 0 Å². The van der Waals surface area contributed by atoms with E-state index >= 15 is 0 Å². The standard InChI is InChI=1S/C20H22FN3O3S/c1-26-17-9-5-15(13-18(17)27-2)11-12-22-20(28)24-23-19(25)10-6-14-3-7-16(21)8-4-14/h3-10,13H,11-12H2,1-2H3,(H,23,25)(H2,22,24,28)/b10-6+. The second-order valence-electron chi connectivity index (χ2n) is 5.69. The first-order valence-corrected chi connectivity index (χ1v) is 8.91. The Balaban J connectivity index is 1.71. The van der Waals surface area contributed by atoms with Gasteiger partial charge in [-0.15, -0.1) is 0 Å². The molecule has 0 unspecified atom stereocenters. The fourth-order valence-electron chi connectivity index (χ4n) is 2.31. The summed E-state index contributed by atoms with van der Waals surface area (Å²) in [6.45, 7) is 0.572. The Kier molecular flexibility index (Phi) is 8.23. The van der Waals surface area contributed by atoms with Crippen molar-refractivity contribution in [1.29, 1.82) is 0 Å². The van der Waals surface area contributed by atoms with Crippen LogP contribution < -0.4 is 25.6 Å². The Morgan fingerprint density at radius 2 is 1.79 bits per heavy atom. The van der Waals surface area contributed by atoms with Crippen LogP contribution in [0.25, 0.3) is 6.08 Å². The first kappa shape index (κ1) is 21.2. The van der Waals surface area contributed by atoms with Gasteiger partial charge in [0.25, 0.3) is 5.91 Å². The number of carbonyl (C=O) groups is 1. The smallest absolute Gasteiger partial charge is 0.262 e. The van der Waals surface area contributed by atoms with Crippen LogP contribution in [0.4, 0.5) is 4.39 Å². The lowest BCUT2D eigenvalue weighted by atomic mass is 10.1. The normalized spacial score (nSPS) is 10.4. The maximum absolute atomic E-state index is 12.8. The number of methoxy groups -OCH3 is 2. The fraction of sp³-hybridized carbons (Fsp3) is 0.200. The molecule has 0 fully saturated rings. The van der Waals surface area contributed by atoms with E-state index < -0.39 is 0 Å². The first-order chi connectivity index (χ1) is 13.5. The largest absolute Gasteiger partial charge is 0.493 e. The summed E-state index contributed by atoms with van der Waals surface area (Å²) in [6, 6.07) is 11.5. The summed E-state index contributed by atoms with van der Waals surface area (Å²) in [4.78, 5) is 11.8. The van der Waals surface area contributed by atoms with Crippen molar-refractivity contribution < 1.29 is 18.7 Å². The number of benzene rings is 2. The lowest BCUT2D eigenvalue weighted by Gasteiger charge is -2.12. The van der Waals surface area contributed by atoms with Crippen LogP contribution in [0.2, 0.25) is 0 Å². The minimum atomic E-state index is -0.381. The van der Waals surface area contributed by atoms with E-state index in [-0.39, 0.29) is 11.7 Å². The second kappa shape index (κ2) is 10.9. The number of hydrogen-bond acceptors (Lipinski definition) is 4. The van der Waals surface area contributed by atoms with Crippen LogP contribution >= 0.6 is 12.2 Å². The fourth-order valence-corrected chi connectivity index (χ4v) is 2.46. The molecule has 0 spiro atoms. The molecule has 148 valence electrons. The Bertz CT molecular complexity index is 841. The number of hydrazine groups is 1. The SMILES string of the molecule is COc1ccc(CCNC(=S)NNC(=O)/C=C/c2ccc(F)cc2)cc1OC. The van der Waals surface area contributed by atoms with Gasteiger partial charge in [-0.1, -0.05) is 18.2 Å². The molecule has 2 aromatic rings. The number of hydrogen-bond donors (Lipinski definition) is 3. The molecule has 0 aliphatic heterocycles. The molecule has 0 saturated carbocycles. The summed E-state index contributed by atoms with van der Waals surface area (Å²) in [5.41, 5.74) is 6.85. The van der Waals surface area contributed by atoms with E-state index in [1.165, 1.54) is 18.2 Å². The third kappa shape index (κ3) is 6.88. The average Bonchev–Trinajstić information content (AvgIpc) is 2.71. The minimum absolute atomic E-state index is 0.295. The van der Waals surface area contributed by atoms with Crippen LogP contribution in [-0.2, 0) is 11.2 Å². The highest BCUT2D eigenvalue weighted by Crippen LogP contribution is 2.27. The molecule has 0 aromatic heterocycles. The van der Waals surface area contributed by atoms with Gasteiger partial charge in [0.15, 0.2) is 16.6 Å². The van der Waals surface area contributed by atoms with Crippen molar-refractivity contribution in [1.82, 2.24) is 16.2 Å². The average molecular weight is 403 g/mol. The quantitative estimate of drug-likeness (QED) is 0.375. The van der Waals surface area contributed by atoms with E-state index in [0.29, 0.717) is 35.1 Å². The summed E-state index contributed by atoms with van der Waals surface area (Å²) < 4.78 is 23.3. The summed E-state index contributed by atoms with van der Waals surface area (Å²) in [7, 11) is 3.18. The Morgan fingerprint density at radius 1 is 1.07 bits per heavy atom. The van der Waals surface area contributed by atoms with E-state index in [1.54, 1.807) is 32.4 Å². The zero-order valence-electron chi connectivity index (χ0n) is 15.6. The van der Waals surface area contributed by atoms with Gasteiger partial charge < -0.3 is 14.8 Å². The lowest BCUT2D eigenvalue weighted by Crippen LogP contribution is -2.46. The number of nitrogens with one attached hydrogen (secondary N) is 3. The van der Waals surface area contributed by atoms with Gasteiger partial charge in [0.05, 0.1) is 14.2 Å². The number of carbonyl (C=O) groups excluding carboxylic acids is 1. The molecule has 2 aromatic carbocycles. The predicted molar refractivity (Wildman–Crippen MR) is 111 cm³/mol. The minimum Gasteiger partial charge on any atom is -0.493 e. The van der Waals surface area contributed by atoms with E-state index in [2.05, 4.69) is 16.2 Å². The van der Waals surface area contributed by atoms with Crippen LogP contribution in [0.5, 0.6) is 11.5 Å². The summed E-state index contributed by atoms with van der Waals surface area (Å²) in [5.74, 6) is 0.634. The molecule has 0 atom stereocenters. The molecular weight excluding hydrogens is 381 g/mol. The van der Waals surface area contributed by atoms with E-state index in [9.17, 15) is 9.18 Å². The molecule has 2 rings (SSSR count). The number of amides is 1. The zero-order chi connectivity index (χ0) is 20.4. The van der Waals surface area contributed by atoms with Crippen LogP contribution in [-0.4, -0.2) is 31.8 Å². The molecule has 1 amide bonds. The molecule has 0 aliphatic rings. The van der Waals surface area contributed by atoms with Crippen LogP contribution in [0.15, 0.2) is 48.5 Å². The van der Waals surface area contributed by atoms with E-state index in [0.717, 1.165) is 5.56 Å². The Labute approximate surface area is 168 Å². The van der Waals surface area contributed by atoms with Gasteiger partial charge in [-0.3, -0.25) is 15.6 Å². The van der Waals surface area contributed by atoms with Crippen molar-refractivity contribution in [3.8, 4) is 11.5 Å². The molecule has 6 nitrogen and oxygen atoms in total. The van der Waals surface area contributed by atoms with E-state index in [1.807, 2.05) is 18.2 Å². The molecule has 0 heterocycles. The maximum Gasteiger partial charge on any atom is 0.262 e. The third-order valence-corrected chi connectivity index (χ3v) is 3.99. The van der Waals surface area contributed by atoms with Crippen molar-refractivity contribution in [2.75, 3.05) is 20.8 Å². The second-order valence-corrected chi connectivity index (χ2v) is 6.10. The number of thiocarbonyl (C=S) groups is 1. The van der Waals surface area contributed by atoms with Crippen molar-refractivity contribution in [3.63, 3.8) is 0 Å². The summed E-state index contributed by atoms with van der Waals surface area (Å²) in [6.07, 6.45) is 3.61. The molecule has 3 N–H and O–H groups in total.